The molecule has 1 aromatic rings. The quantitative estimate of drug-likeness (QED) is 0.876. The number of rotatable bonds is 5. The first-order valence-electron chi connectivity index (χ1n) is 6.29. The van der Waals surface area contributed by atoms with Crippen molar-refractivity contribution in [2.45, 2.75) is 38.5 Å². The summed E-state index contributed by atoms with van der Waals surface area (Å²) in [6.45, 7) is 7.09. The minimum Gasteiger partial charge on any atom is -0.481 e. The van der Waals surface area contributed by atoms with Gasteiger partial charge in [0.25, 0.3) is 0 Å². The second kappa shape index (κ2) is 6.70. The van der Waals surface area contributed by atoms with E-state index in [1.165, 1.54) is 0 Å². The first-order chi connectivity index (χ1) is 9.12. The Balaban J connectivity index is 3.06. The Labute approximate surface area is 127 Å². The molecule has 112 valence electrons. The summed E-state index contributed by atoms with van der Waals surface area (Å²) in [7, 11) is -1.36. The van der Waals surface area contributed by atoms with Crippen LogP contribution >= 0.6 is 11.6 Å². The Morgan fingerprint density at radius 3 is 2.20 bits per heavy atom. The zero-order valence-corrected chi connectivity index (χ0v) is 13.6. The Kier molecular flexibility index (Phi) is 5.74. The summed E-state index contributed by atoms with van der Waals surface area (Å²) >= 11 is 5.84. The molecule has 0 saturated carbocycles. The van der Waals surface area contributed by atoms with Crippen molar-refractivity contribution in [1.82, 2.24) is 4.72 Å². The molecule has 0 aliphatic heterocycles. The van der Waals surface area contributed by atoms with Crippen molar-refractivity contribution in [1.29, 1.82) is 0 Å². The van der Waals surface area contributed by atoms with E-state index < -0.39 is 33.7 Å². The molecule has 0 bridgehead atoms. The number of hydrogen-bond acceptors (Lipinski definition) is 2. The van der Waals surface area contributed by atoms with Gasteiger partial charge in [0, 0.05) is 5.02 Å². The zero-order valence-electron chi connectivity index (χ0n) is 12.0. The fourth-order valence-corrected chi connectivity index (χ4v) is 2.61. The number of benzene rings is 1. The van der Waals surface area contributed by atoms with Crippen molar-refractivity contribution < 1.29 is 14.1 Å². The maximum atomic E-state index is 12.2. The van der Waals surface area contributed by atoms with Crippen molar-refractivity contribution in [3.63, 3.8) is 0 Å². The number of carboxylic acids is 1. The van der Waals surface area contributed by atoms with Crippen molar-refractivity contribution in [2.75, 3.05) is 0 Å². The van der Waals surface area contributed by atoms with Crippen molar-refractivity contribution in [3.8, 4) is 0 Å². The van der Waals surface area contributed by atoms with E-state index in [4.69, 9.17) is 11.6 Å². The van der Waals surface area contributed by atoms with Gasteiger partial charge in [0.2, 0.25) is 0 Å². The van der Waals surface area contributed by atoms with Gasteiger partial charge < -0.3 is 5.11 Å². The average Bonchev–Trinajstić information content (AvgIpc) is 2.34. The Bertz CT molecular complexity index is 496. The van der Waals surface area contributed by atoms with E-state index in [9.17, 15) is 14.1 Å². The largest absolute Gasteiger partial charge is 0.481 e. The second-order valence-corrected chi connectivity index (χ2v) is 8.09. The van der Waals surface area contributed by atoms with Crippen LogP contribution in [0.15, 0.2) is 24.3 Å². The van der Waals surface area contributed by atoms with Crippen LogP contribution in [0.3, 0.4) is 0 Å². The van der Waals surface area contributed by atoms with Crippen molar-refractivity contribution >= 4 is 28.6 Å². The number of aliphatic carboxylic acids is 1. The lowest BCUT2D eigenvalue weighted by atomic mass is 9.96. The number of hydrogen-bond donors (Lipinski definition) is 2. The lowest BCUT2D eigenvalue weighted by Crippen LogP contribution is -2.39. The van der Waals surface area contributed by atoms with Crippen LogP contribution in [0.5, 0.6) is 0 Å². The highest BCUT2D eigenvalue weighted by atomic mass is 35.5. The Hall–Kier alpha value is -0.910. The van der Waals surface area contributed by atoms with Gasteiger partial charge in [0.05, 0.1) is 27.7 Å². The lowest BCUT2D eigenvalue weighted by Gasteiger charge is -2.27. The molecule has 1 rings (SSSR count). The highest BCUT2D eigenvalue weighted by Gasteiger charge is 2.30. The fourth-order valence-electron chi connectivity index (χ4n) is 1.56. The van der Waals surface area contributed by atoms with Gasteiger partial charge in [-0.15, -0.1) is 0 Å². The molecule has 0 aliphatic carbocycles. The molecule has 2 N–H and O–H groups in total. The second-order valence-electron chi connectivity index (χ2n) is 5.66. The van der Waals surface area contributed by atoms with Gasteiger partial charge in [0.1, 0.15) is 0 Å². The van der Waals surface area contributed by atoms with E-state index in [2.05, 4.69) is 4.72 Å². The molecule has 4 nitrogen and oxygen atoms in total. The number of carbonyl (C=O) groups is 1. The molecule has 0 heterocycles. The van der Waals surface area contributed by atoms with Gasteiger partial charge in [-0.25, -0.2) is 8.93 Å². The molecule has 20 heavy (non-hydrogen) atoms. The van der Waals surface area contributed by atoms with Crippen LogP contribution in [0.4, 0.5) is 0 Å². The molecule has 0 radical (unpaired) electrons. The third-order valence-corrected chi connectivity index (χ3v) is 4.74. The number of nitrogens with one attached hydrogen (secondary N) is 1. The third-order valence-electron chi connectivity index (χ3n) is 2.91. The van der Waals surface area contributed by atoms with Gasteiger partial charge in [-0.3, -0.25) is 4.79 Å². The topological polar surface area (TPSA) is 66.4 Å². The van der Waals surface area contributed by atoms with Crippen LogP contribution in [0.2, 0.25) is 5.02 Å². The molecular weight excluding hydrogens is 298 g/mol. The summed E-state index contributed by atoms with van der Waals surface area (Å²) in [6.07, 6.45) is 0. The van der Waals surface area contributed by atoms with Gasteiger partial charge in [-0.05, 0) is 38.5 Å². The third kappa shape index (κ3) is 4.58. The maximum absolute atomic E-state index is 12.2. The maximum Gasteiger partial charge on any atom is 0.308 e. The first-order valence-corrected chi connectivity index (χ1v) is 7.82. The zero-order chi connectivity index (χ0) is 15.5. The molecular formula is C14H20ClNO3S. The molecule has 3 atom stereocenters. The van der Waals surface area contributed by atoms with Crippen LogP contribution < -0.4 is 4.72 Å². The molecule has 1 aromatic carbocycles. The van der Waals surface area contributed by atoms with Crippen LogP contribution in [-0.4, -0.2) is 20.0 Å². The average molecular weight is 318 g/mol. The lowest BCUT2D eigenvalue weighted by molar-refractivity contribution is -0.142. The SMILES string of the molecule is CC(C(=O)O)C(NS(=O)C(C)(C)C)c1ccc(Cl)cc1. The van der Waals surface area contributed by atoms with Crippen molar-refractivity contribution in [3.05, 3.63) is 34.9 Å². The van der Waals surface area contributed by atoms with E-state index >= 15 is 0 Å². The first kappa shape index (κ1) is 17.1. The predicted octanol–water partition coefficient (Wildman–Crippen LogP) is 3.15. The highest BCUT2D eigenvalue weighted by Crippen LogP contribution is 2.26. The summed E-state index contributed by atoms with van der Waals surface area (Å²) in [4.78, 5) is 11.2. The fraction of sp³-hybridized carbons (Fsp3) is 0.500. The standard InChI is InChI=1S/C14H20ClNO3S/c1-9(13(17)18)12(16-20(19)14(2,3)4)10-5-7-11(15)8-6-10/h5-9,12,16H,1-4H3,(H,17,18). The molecule has 0 spiro atoms. The van der Waals surface area contributed by atoms with E-state index in [0.29, 0.717) is 5.02 Å². The molecule has 6 heteroatoms. The van der Waals surface area contributed by atoms with Crippen LogP contribution in [0.25, 0.3) is 0 Å². The molecule has 0 saturated heterocycles. The molecule has 0 fully saturated rings. The highest BCUT2D eigenvalue weighted by molar-refractivity contribution is 7.84. The van der Waals surface area contributed by atoms with Crippen molar-refractivity contribution in [2.24, 2.45) is 5.92 Å². The van der Waals surface area contributed by atoms with Gasteiger partial charge in [0.15, 0.2) is 0 Å². The van der Waals surface area contributed by atoms with E-state index in [0.717, 1.165) is 5.56 Å². The Morgan fingerprint density at radius 2 is 1.80 bits per heavy atom. The van der Waals surface area contributed by atoms with Crippen LogP contribution in [0.1, 0.15) is 39.3 Å². The van der Waals surface area contributed by atoms with Gasteiger partial charge in [-0.2, -0.15) is 0 Å². The summed E-state index contributed by atoms with van der Waals surface area (Å²) in [5.74, 6) is -1.65. The van der Waals surface area contributed by atoms with Gasteiger partial charge in [-0.1, -0.05) is 30.7 Å². The molecule has 0 amide bonds. The molecule has 3 unspecified atom stereocenters. The summed E-state index contributed by atoms with van der Waals surface area (Å²) in [5.41, 5.74) is 0.752. The summed E-state index contributed by atoms with van der Waals surface area (Å²) in [6, 6.07) is 6.35. The number of carboxylic acid groups (broad SMARTS) is 1. The minimum absolute atomic E-state index is 0.469. The smallest absolute Gasteiger partial charge is 0.308 e. The number of halogens is 1. The van der Waals surface area contributed by atoms with E-state index in [1.807, 2.05) is 20.8 Å². The molecule has 0 aromatic heterocycles. The van der Waals surface area contributed by atoms with E-state index in [-0.39, 0.29) is 0 Å². The summed E-state index contributed by atoms with van der Waals surface area (Å²) < 4.78 is 14.7. The van der Waals surface area contributed by atoms with Crippen LogP contribution in [0, 0.1) is 5.92 Å². The van der Waals surface area contributed by atoms with Gasteiger partial charge >= 0.3 is 5.97 Å². The minimum atomic E-state index is -1.36. The van der Waals surface area contributed by atoms with Crippen LogP contribution in [-0.2, 0) is 15.8 Å². The Morgan fingerprint density at radius 1 is 1.30 bits per heavy atom. The normalized spacial score (nSPS) is 16.4. The molecule has 0 aliphatic rings. The summed E-state index contributed by atoms with van der Waals surface area (Å²) in [5, 5.41) is 9.80. The van der Waals surface area contributed by atoms with E-state index in [1.54, 1.807) is 31.2 Å². The predicted molar refractivity (Wildman–Crippen MR) is 82.0 cm³/mol. The monoisotopic (exact) mass is 317 g/mol.